The predicted octanol–water partition coefficient (Wildman–Crippen LogP) is 0.114. The van der Waals surface area contributed by atoms with Crippen molar-refractivity contribution in [1.29, 1.82) is 0 Å². The van der Waals surface area contributed by atoms with Crippen LogP contribution in [0.2, 0.25) is 0 Å². The van der Waals surface area contributed by atoms with Gasteiger partial charge in [0.2, 0.25) is 10.0 Å². The van der Waals surface area contributed by atoms with Crippen molar-refractivity contribution in [3.63, 3.8) is 0 Å². The molecule has 1 unspecified atom stereocenters. The van der Waals surface area contributed by atoms with Crippen LogP contribution in [0.4, 0.5) is 0 Å². The van der Waals surface area contributed by atoms with Crippen LogP contribution in [0, 0.1) is 6.92 Å². The number of nitrogens with zero attached hydrogens (tertiary/aromatic N) is 3. The Hall–Kier alpha value is -2.24. The maximum Gasteiger partial charge on any atom is 0.290 e. The lowest BCUT2D eigenvalue weighted by Gasteiger charge is -2.22. The average Bonchev–Trinajstić information content (AvgIpc) is 3.13. The van der Waals surface area contributed by atoms with E-state index < -0.39 is 10.0 Å². The lowest BCUT2D eigenvalue weighted by molar-refractivity contribution is -0.122. The van der Waals surface area contributed by atoms with E-state index in [-0.39, 0.29) is 13.0 Å². The van der Waals surface area contributed by atoms with Crippen molar-refractivity contribution in [1.82, 2.24) is 25.0 Å². The van der Waals surface area contributed by atoms with Gasteiger partial charge in [-0.3, -0.25) is 9.48 Å². The number of carbonyl (C=O) groups is 1. The second-order valence-corrected chi connectivity index (χ2v) is 8.28. The summed E-state index contributed by atoms with van der Waals surface area (Å²) < 4.78 is 32.2. The molecule has 0 bridgehead atoms. The van der Waals surface area contributed by atoms with Crippen LogP contribution in [0.25, 0.3) is 0 Å². The second-order valence-electron chi connectivity index (χ2n) is 6.45. The second kappa shape index (κ2) is 9.11. The van der Waals surface area contributed by atoms with Crippen LogP contribution >= 0.6 is 0 Å². The zero-order chi connectivity index (χ0) is 20.0. The van der Waals surface area contributed by atoms with E-state index in [1.54, 1.807) is 0 Å². The Labute approximate surface area is 158 Å². The summed E-state index contributed by atoms with van der Waals surface area (Å²) in [6.07, 6.45) is 3.71. The van der Waals surface area contributed by atoms with E-state index in [0.29, 0.717) is 11.7 Å². The third kappa shape index (κ3) is 6.15. The molecule has 1 aliphatic carbocycles. The van der Waals surface area contributed by atoms with Gasteiger partial charge < -0.3 is 14.9 Å². The molecule has 0 fully saturated rings. The molecule has 0 radical (unpaired) electrons. The van der Waals surface area contributed by atoms with Crippen molar-refractivity contribution < 1.29 is 22.8 Å². The van der Waals surface area contributed by atoms with Gasteiger partial charge >= 0.3 is 0 Å². The standard InChI is InChI=1S/C15H23N5O3S.CH2O2/c1-10-6-12(20(2)18-10)8-16-11-4-5-15-13(7-11)14(19-23-15)9-17-24(3,21)22;2-1-3/h6,11,16-17H,4-5,7-9H2,1-3H3;1H,(H,2,3). The maximum atomic E-state index is 11.3. The molecule has 0 saturated heterocycles. The quantitative estimate of drug-likeness (QED) is 0.582. The molecule has 2 heterocycles. The highest BCUT2D eigenvalue weighted by molar-refractivity contribution is 7.88. The monoisotopic (exact) mass is 399 g/mol. The Morgan fingerprint density at radius 3 is 2.74 bits per heavy atom. The molecule has 3 N–H and O–H groups in total. The fourth-order valence-corrected chi connectivity index (χ4v) is 3.45. The molecule has 11 heteroatoms. The third-order valence-electron chi connectivity index (χ3n) is 4.29. The number of hydrogen-bond acceptors (Lipinski definition) is 7. The lowest BCUT2D eigenvalue weighted by atomic mass is 9.92. The van der Waals surface area contributed by atoms with Gasteiger partial charge in [-0.15, -0.1) is 0 Å². The largest absolute Gasteiger partial charge is 0.483 e. The summed E-state index contributed by atoms with van der Waals surface area (Å²) in [6.45, 7) is 2.65. The maximum absolute atomic E-state index is 11.3. The number of aromatic nitrogens is 3. The molecule has 3 rings (SSSR count). The van der Waals surface area contributed by atoms with Crippen LogP contribution in [0.5, 0.6) is 0 Å². The normalized spacial score (nSPS) is 16.3. The van der Waals surface area contributed by atoms with Gasteiger partial charge in [0, 0.05) is 31.6 Å². The predicted molar refractivity (Wildman–Crippen MR) is 97.5 cm³/mol. The zero-order valence-electron chi connectivity index (χ0n) is 15.6. The zero-order valence-corrected chi connectivity index (χ0v) is 16.4. The highest BCUT2D eigenvalue weighted by atomic mass is 32.2. The van der Waals surface area contributed by atoms with Crippen molar-refractivity contribution in [3.05, 3.63) is 34.5 Å². The summed E-state index contributed by atoms with van der Waals surface area (Å²) in [4.78, 5) is 8.36. The number of sulfonamides is 1. The Kier molecular flexibility index (Phi) is 7.11. The highest BCUT2D eigenvalue weighted by Crippen LogP contribution is 2.25. The van der Waals surface area contributed by atoms with Crippen LogP contribution in [0.3, 0.4) is 0 Å². The first-order valence-electron chi connectivity index (χ1n) is 8.45. The number of rotatable bonds is 6. The minimum absolute atomic E-state index is 0.172. The number of aryl methyl sites for hydroxylation is 3. The molecule has 1 aliphatic rings. The molecule has 0 saturated carbocycles. The third-order valence-corrected chi connectivity index (χ3v) is 4.96. The van der Waals surface area contributed by atoms with Crippen molar-refractivity contribution in [2.45, 2.75) is 45.3 Å². The molecular formula is C16H25N5O5S. The van der Waals surface area contributed by atoms with Crippen molar-refractivity contribution in [2.24, 2.45) is 7.05 Å². The van der Waals surface area contributed by atoms with E-state index in [0.717, 1.165) is 54.8 Å². The van der Waals surface area contributed by atoms with Gasteiger partial charge in [0.25, 0.3) is 6.47 Å². The molecule has 27 heavy (non-hydrogen) atoms. The Balaban J connectivity index is 0.000000817. The minimum Gasteiger partial charge on any atom is -0.483 e. The van der Waals surface area contributed by atoms with Crippen molar-refractivity contribution in [3.8, 4) is 0 Å². The lowest BCUT2D eigenvalue weighted by Crippen LogP contribution is -2.35. The molecule has 2 aromatic rings. The summed E-state index contributed by atoms with van der Waals surface area (Å²) in [7, 11) is -1.30. The smallest absolute Gasteiger partial charge is 0.290 e. The molecule has 0 amide bonds. The Bertz CT molecular complexity index is 874. The van der Waals surface area contributed by atoms with E-state index in [2.05, 4.69) is 26.4 Å². The fourth-order valence-electron chi connectivity index (χ4n) is 3.05. The van der Waals surface area contributed by atoms with E-state index in [4.69, 9.17) is 14.4 Å². The molecule has 2 aromatic heterocycles. The van der Waals surface area contributed by atoms with Gasteiger partial charge in [-0.05, 0) is 25.8 Å². The minimum atomic E-state index is -3.25. The molecular weight excluding hydrogens is 374 g/mol. The highest BCUT2D eigenvalue weighted by Gasteiger charge is 2.25. The first-order valence-corrected chi connectivity index (χ1v) is 10.3. The van der Waals surface area contributed by atoms with E-state index in [1.165, 1.54) is 0 Å². The molecule has 0 spiro atoms. The van der Waals surface area contributed by atoms with Crippen LogP contribution < -0.4 is 10.0 Å². The summed E-state index contributed by atoms with van der Waals surface area (Å²) >= 11 is 0. The Morgan fingerprint density at radius 2 is 2.15 bits per heavy atom. The van der Waals surface area contributed by atoms with Crippen molar-refractivity contribution >= 4 is 16.5 Å². The molecule has 1 atom stereocenters. The van der Waals surface area contributed by atoms with Crippen LogP contribution in [0.1, 0.15) is 34.8 Å². The molecule has 0 aliphatic heterocycles. The average molecular weight is 399 g/mol. The number of nitrogens with one attached hydrogen (secondary N) is 2. The SMILES string of the molecule is Cc1cc(CNC2CCc3onc(CNS(C)(=O)=O)c3C2)n(C)n1.O=CO. The van der Waals surface area contributed by atoms with E-state index in [9.17, 15) is 8.42 Å². The summed E-state index contributed by atoms with van der Waals surface area (Å²) in [6, 6.07) is 2.38. The van der Waals surface area contributed by atoms with Gasteiger partial charge in [0.15, 0.2) is 0 Å². The number of fused-ring (bicyclic) bond motifs is 1. The Morgan fingerprint density at radius 1 is 1.44 bits per heavy atom. The fraction of sp³-hybridized carbons (Fsp3) is 0.562. The van der Waals surface area contributed by atoms with Crippen LogP contribution in [-0.4, -0.2) is 47.2 Å². The molecule has 10 nitrogen and oxygen atoms in total. The summed E-state index contributed by atoms with van der Waals surface area (Å²) in [5.74, 6) is 0.870. The first-order chi connectivity index (χ1) is 12.7. The first kappa shape index (κ1) is 21.1. The number of carboxylic acid groups (broad SMARTS) is 1. The summed E-state index contributed by atoms with van der Waals surface area (Å²) in [5.41, 5.74) is 3.85. The number of hydrogen-bond donors (Lipinski definition) is 3. The molecule has 0 aromatic carbocycles. The molecule has 150 valence electrons. The van der Waals surface area contributed by atoms with Gasteiger partial charge in [-0.1, -0.05) is 5.16 Å². The van der Waals surface area contributed by atoms with Crippen LogP contribution in [-0.2, 0) is 47.8 Å². The summed E-state index contributed by atoms with van der Waals surface area (Å²) in [5, 5.41) is 18.8. The van der Waals surface area contributed by atoms with Crippen LogP contribution in [0.15, 0.2) is 10.6 Å². The van der Waals surface area contributed by atoms with Gasteiger partial charge in [0.05, 0.1) is 24.2 Å². The van der Waals surface area contributed by atoms with Gasteiger partial charge in [0.1, 0.15) is 11.5 Å². The topological polar surface area (TPSA) is 139 Å². The van der Waals surface area contributed by atoms with E-state index in [1.807, 2.05) is 18.7 Å². The van der Waals surface area contributed by atoms with Gasteiger partial charge in [-0.25, -0.2) is 13.1 Å². The van der Waals surface area contributed by atoms with Crippen molar-refractivity contribution in [2.75, 3.05) is 6.26 Å². The van der Waals surface area contributed by atoms with E-state index >= 15 is 0 Å². The van der Waals surface area contributed by atoms with Gasteiger partial charge in [-0.2, -0.15) is 5.10 Å².